The third kappa shape index (κ3) is 5.95. The van der Waals surface area contributed by atoms with Crippen LogP contribution in [0.1, 0.15) is 34.9 Å². The maximum Gasteiger partial charge on any atom is 0.408 e. The van der Waals surface area contributed by atoms with Crippen molar-refractivity contribution in [3.8, 4) is 0 Å². The summed E-state index contributed by atoms with van der Waals surface area (Å²) >= 11 is 1.63. The highest BCUT2D eigenvalue weighted by Gasteiger charge is 2.31. The SMILES string of the molecule is O=C(N[C@@H](Cc1ccccc1)C(=O)N1CCCC(c2nccs2)C1)OCc1ccccc1. The van der Waals surface area contributed by atoms with E-state index in [4.69, 9.17) is 4.74 Å². The Balaban J connectivity index is 1.43. The van der Waals surface area contributed by atoms with Gasteiger partial charge in [0, 0.05) is 37.0 Å². The summed E-state index contributed by atoms with van der Waals surface area (Å²) in [6.07, 6.45) is 3.58. The minimum absolute atomic E-state index is 0.0771. The zero-order valence-electron chi connectivity index (χ0n) is 17.9. The number of nitrogens with one attached hydrogen (secondary N) is 1. The number of thiazole rings is 1. The van der Waals surface area contributed by atoms with E-state index in [-0.39, 0.29) is 18.4 Å². The maximum absolute atomic E-state index is 13.5. The minimum Gasteiger partial charge on any atom is -0.445 e. The Kier molecular flexibility index (Phi) is 7.51. The molecule has 166 valence electrons. The van der Waals surface area contributed by atoms with Crippen molar-refractivity contribution >= 4 is 23.3 Å². The zero-order valence-corrected chi connectivity index (χ0v) is 18.7. The van der Waals surface area contributed by atoms with Gasteiger partial charge in [0.25, 0.3) is 0 Å². The molecule has 0 radical (unpaired) electrons. The Bertz CT molecular complexity index is 996. The van der Waals surface area contributed by atoms with Gasteiger partial charge >= 0.3 is 6.09 Å². The Morgan fingerprint density at radius 2 is 1.81 bits per heavy atom. The molecular formula is C25H27N3O3S. The average Bonchev–Trinajstić information content (AvgIpc) is 3.38. The number of hydrogen-bond acceptors (Lipinski definition) is 5. The van der Waals surface area contributed by atoms with Crippen molar-refractivity contribution < 1.29 is 14.3 Å². The van der Waals surface area contributed by atoms with Crippen molar-refractivity contribution in [3.63, 3.8) is 0 Å². The molecule has 6 nitrogen and oxygen atoms in total. The fourth-order valence-electron chi connectivity index (χ4n) is 3.99. The number of likely N-dealkylation sites (tertiary alicyclic amines) is 1. The van der Waals surface area contributed by atoms with E-state index in [0.29, 0.717) is 19.5 Å². The summed E-state index contributed by atoms with van der Waals surface area (Å²) in [5.41, 5.74) is 1.89. The topological polar surface area (TPSA) is 71.5 Å². The maximum atomic E-state index is 13.5. The number of amides is 2. The lowest BCUT2D eigenvalue weighted by Crippen LogP contribution is -2.52. The van der Waals surface area contributed by atoms with Gasteiger partial charge in [-0.1, -0.05) is 60.7 Å². The monoisotopic (exact) mass is 449 g/mol. The van der Waals surface area contributed by atoms with Gasteiger partial charge in [0.05, 0.1) is 5.01 Å². The Morgan fingerprint density at radius 3 is 2.50 bits per heavy atom. The molecule has 0 saturated carbocycles. The van der Waals surface area contributed by atoms with E-state index < -0.39 is 12.1 Å². The number of nitrogens with zero attached hydrogens (tertiary/aromatic N) is 2. The molecule has 0 aliphatic carbocycles. The van der Waals surface area contributed by atoms with Crippen LogP contribution in [0.2, 0.25) is 0 Å². The molecule has 2 atom stereocenters. The number of carbonyl (C=O) groups excluding carboxylic acids is 2. The van der Waals surface area contributed by atoms with Gasteiger partial charge in [-0.3, -0.25) is 4.79 Å². The van der Waals surface area contributed by atoms with Crippen LogP contribution in [0.4, 0.5) is 4.79 Å². The van der Waals surface area contributed by atoms with Gasteiger partial charge in [-0.2, -0.15) is 0 Å². The van der Waals surface area contributed by atoms with E-state index >= 15 is 0 Å². The van der Waals surface area contributed by atoms with Crippen molar-refractivity contribution in [1.29, 1.82) is 0 Å². The van der Waals surface area contributed by atoms with Gasteiger partial charge in [-0.15, -0.1) is 11.3 Å². The van der Waals surface area contributed by atoms with E-state index in [1.165, 1.54) is 0 Å². The number of ether oxygens (including phenoxy) is 1. The summed E-state index contributed by atoms with van der Waals surface area (Å²) in [5.74, 6) is 0.168. The molecular weight excluding hydrogens is 422 g/mol. The Labute approximate surface area is 192 Å². The van der Waals surface area contributed by atoms with Gasteiger partial charge < -0.3 is 15.0 Å². The number of alkyl carbamates (subject to hydrolysis) is 1. The van der Waals surface area contributed by atoms with E-state index in [1.54, 1.807) is 11.3 Å². The summed E-state index contributed by atoms with van der Waals surface area (Å²) in [6, 6.07) is 18.5. The van der Waals surface area contributed by atoms with Gasteiger partial charge in [-0.25, -0.2) is 9.78 Å². The van der Waals surface area contributed by atoms with Crippen LogP contribution < -0.4 is 5.32 Å². The van der Waals surface area contributed by atoms with Crippen molar-refractivity contribution in [2.75, 3.05) is 13.1 Å². The second-order valence-electron chi connectivity index (χ2n) is 7.94. The first-order chi connectivity index (χ1) is 15.7. The lowest BCUT2D eigenvalue weighted by Gasteiger charge is -2.34. The molecule has 1 saturated heterocycles. The molecule has 2 amide bonds. The van der Waals surface area contributed by atoms with E-state index in [2.05, 4.69) is 10.3 Å². The van der Waals surface area contributed by atoms with Gasteiger partial charge in [0.2, 0.25) is 5.91 Å². The van der Waals surface area contributed by atoms with Crippen molar-refractivity contribution in [3.05, 3.63) is 88.4 Å². The quantitative estimate of drug-likeness (QED) is 0.581. The summed E-state index contributed by atoms with van der Waals surface area (Å²) in [5, 5.41) is 5.85. The van der Waals surface area contributed by atoms with Crippen LogP contribution in [0.5, 0.6) is 0 Å². The number of hydrogen-bond donors (Lipinski definition) is 1. The molecule has 1 unspecified atom stereocenters. The molecule has 7 heteroatoms. The first kappa shape index (κ1) is 22.0. The van der Waals surface area contributed by atoms with Gasteiger partial charge in [0.15, 0.2) is 0 Å². The summed E-state index contributed by atoms with van der Waals surface area (Å²) in [4.78, 5) is 32.3. The zero-order chi connectivity index (χ0) is 22.2. The molecule has 1 aromatic heterocycles. The van der Waals surface area contributed by atoms with Crippen molar-refractivity contribution in [2.45, 2.75) is 37.8 Å². The van der Waals surface area contributed by atoms with Crippen molar-refractivity contribution in [2.24, 2.45) is 0 Å². The summed E-state index contributed by atoms with van der Waals surface area (Å²) in [6.45, 7) is 1.47. The predicted molar refractivity (Wildman–Crippen MR) is 124 cm³/mol. The molecule has 1 aliphatic rings. The molecule has 1 aliphatic heterocycles. The van der Waals surface area contributed by atoms with Crippen LogP contribution in [0.15, 0.2) is 72.2 Å². The average molecular weight is 450 g/mol. The first-order valence-electron chi connectivity index (χ1n) is 10.9. The summed E-state index contributed by atoms with van der Waals surface area (Å²) < 4.78 is 5.38. The van der Waals surface area contributed by atoms with Crippen LogP contribution in [0.25, 0.3) is 0 Å². The normalized spacial score (nSPS) is 16.9. The molecule has 0 spiro atoms. The number of carbonyl (C=O) groups is 2. The Morgan fingerprint density at radius 1 is 1.09 bits per heavy atom. The highest BCUT2D eigenvalue weighted by molar-refractivity contribution is 7.09. The summed E-state index contributed by atoms with van der Waals surface area (Å²) in [7, 11) is 0. The number of rotatable bonds is 7. The van der Waals surface area contributed by atoms with Crippen molar-refractivity contribution in [1.82, 2.24) is 15.2 Å². The fourth-order valence-corrected chi connectivity index (χ4v) is 4.76. The number of aromatic nitrogens is 1. The van der Waals surface area contributed by atoms with E-state index in [9.17, 15) is 9.59 Å². The van der Waals surface area contributed by atoms with Crippen LogP contribution in [0, 0.1) is 0 Å². The van der Waals surface area contributed by atoms with Gasteiger partial charge in [0.1, 0.15) is 12.6 Å². The van der Waals surface area contributed by atoms with Crippen LogP contribution in [-0.4, -0.2) is 41.0 Å². The molecule has 3 aromatic rings. The minimum atomic E-state index is -0.685. The second kappa shape index (κ2) is 10.9. The first-order valence-corrected chi connectivity index (χ1v) is 11.8. The van der Waals surface area contributed by atoms with Crippen LogP contribution in [0.3, 0.4) is 0 Å². The second-order valence-corrected chi connectivity index (χ2v) is 8.87. The molecule has 4 rings (SSSR count). The molecule has 2 aromatic carbocycles. The predicted octanol–water partition coefficient (Wildman–Crippen LogP) is 4.39. The van der Waals surface area contributed by atoms with Gasteiger partial charge in [-0.05, 0) is 24.0 Å². The molecule has 32 heavy (non-hydrogen) atoms. The lowest BCUT2D eigenvalue weighted by atomic mass is 9.97. The lowest BCUT2D eigenvalue weighted by molar-refractivity contribution is -0.134. The number of benzene rings is 2. The van der Waals surface area contributed by atoms with E-state index in [0.717, 1.165) is 29.0 Å². The number of piperidine rings is 1. The van der Waals surface area contributed by atoms with E-state index in [1.807, 2.05) is 77.1 Å². The molecule has 1 N–H and O–H groups in total. The third-order valence-corrected chi connectivity index (χ3v) is 6.56. The standard InChI is InChI=1S/C25H27N3O3S/c29-24(28-14-7-12-21(17-28)23-26-13-15-32-23)22(16-19-8-3-1-4-9-19)27-25(30)31-18-20-10-5-2-6-11-20/h1-6,8-11,13,15,21-22H,7,12,14,16-18H2,(H,27,30)/t21?,22-/m0/s1. The molecule has 2 heterocycles. The Hall–Kier alpha value is -3.19. The molecule has 1 fully saturated rings. The highest BCUT2D eigenvalue weighted by atomic mass is 32.1. The largest absolute Gasteiger partial charge is 0.445 e. The fraction of sp³-hybridized carbons (Fsp3) is 0.320. The smallest absolute Gasteiger partial charge is 0.408 e. The van der Waals surface area contributed by atoms with Crippen LogP contribution in [-0.2, 0) is 22.6 Å². The van der Waals surface area contributed by atoms with Crippen LogP contribution >= 0.6 is 11.3 Å². The third-order valence-electron chi connectivity index (χ3n) is 5.62. The highest BCUT2D eigenvalue weighted by Crippen LogP contribution is 2.28. The molecule has 0 bridgehead atoms.